The summed E-state index contributed by atoms with van der Waals surface area (Å²) in [5.74, 6) is -1.02. The van der Waals surface area contributed by atoms with Crippen molar-refractivity contribution < 1.29 is 14.7 Å². The van der Waals surface area contributed by atoms with Crippen molar-refractivity contribution in [1.82, 2.24) is 5.32 Å². The van der Waals surface area contributed by atoms with Crippen molar-refractivity contribution in [2.24, 2.45) is 0 Å². The van der Waals surface area contributed by atoms with Crippen LogP contribution in [0.5, 0.6) is 0 Å². The normalized spacial score (nSPS) is 9.89. The van der Waals surface area contributed by atoms with Gasteiger partial charge in [-0.2, -0.15) is 0 Å². The van der Waals surface area contributed by atoms with Crippen molar-refractivity contribution in [3.05, 3.63) is 29.8 Å². The summed E-state index contributed by atoms with van der Waals surface area (Å²) in [6, 6.07) is 7.24. The molecule has 0 bridgehead atoms. The third-order valence-corrected chi connectivity index (χ3v) is 2.50. The molecule has 0 spiro atoms. The van der Waals surface area contributed by atoms with Crippen LogP contribution < -0.4 is 10.2 Å². The summed E-state index contributed by atoms with van der Waals surface area (Å²) in [7, 11) is 3.86. The highest BCUT2D eigenvalue weighted by atomic mass is 16.4. The lowest BCUT2D eigenvalue weighted by molar-refractivity contribution is -0.137. The van der Waals surface area contributed by atoms with Crippen LogP contribution in [0.1, 0.15) is 23.2 Å². The fourth-order valence-corrected chi connectivity index (χ4v) is 1.45. The van der Waals surface area contributed by atoms with Gasteiger partial charge in [0.15, 0.2) is 0 Å². The highest BCUT2D eigenvalue weighted by molar-refractivity contribution is 5.94. The molecule has 0 saturated carbocycles. The van der Waals surface area contributed by atoms with Gasteiger partial charge < -0.3 is 15.3 Å². The Hall–Kier alpha value is -2.04. The smallest absolute Gasteiger partial charge is 0.303 e. The van der Waals surface area contributed by atoms with Gasteiger partial charge in [-0.25, -0.2) is 0 Å². The fourth-order valence-electron chi connectivity index (χ4n) is 1.45. The van der Waals surface area contributed by atoms with Gasteiger partial charge in [0.05, 0.1) is 0 Å². The van der Waals surface area contributed by atoms with E-state index in [-0.39, 0.29) is 12.3 Å². The second-order valence-electron chi connectivity index (χ2n) is 4.19. The number of carbonyl (C=O) groups excluding carboxylic acids is 1. The molecule has 0 saturated heterocycles. The molecule has 98 valence electrons. The topological polar surface area (TPSA) is 69.6 Å². The molecule has 5 nitrogen and oxygen atoms in total. The Bertz CT molecular complexity index is 413. The van der Waals surface area contributed by atoms with E-state index in [4.69, 9.17) is 5.11 Å². The molecule has 0 atom stereocenters. The van der Waals surface area contributed by atoms with Crippen molar-refractivity contribution in [3.8, 4) is 0 Å². The van der Waals surface area contributed by atoms with Gasteiger partial charge in [-0.15, -0.1) is 0 Å². The molecule has 0 aromatic heterocycles. The Kier molecular flexibility index (Phi) is 5.17. The van der Waals surface area contributed by atoms with Crippen LogP contribution in [0, 0.1) is 0 Å². The lowest BCUT2D eigenvalue weighted by Crippen LogP contribution is -2.24. The van der Waals surface area contributed by atoms with Crippen LogP contribution in [0.25, 0.3) is 0 Å². The minimum Gasteiger partial charge on any atom is -0.481 e. The largest absolute Gasteiger partial charge is 0.481 e. The second kappa shape index (κ2) is 6.64. The second-order valence-corrected chi connectivity index (χ2v) is 4.19. The lowest BCUT2D eigenvalue weighted by atomic mass is 10.2. The number of aliphatic carboxylic acids is 1. The number of carboxylic acids is 1. The number of nitrogens with one attached hydrogen (secondary N) is 1. The van der Waals surface area contributed by atoms with Crippen LogP contribution in [-0.2, 0) is 4.79 Å². The number of benzene rings is 1. The molecule has 0 fully saturated rings. The standard InChI is InChI=1S/C13H18N2O3/c1-15(2)11-7-5-10(6-8-11)13(18)14-9-3-4-12(16)17/h5-8H,3-4,9H2,1-2H3,(H,14,18)(H,16,17). The average Bonchev–Trinajstić information content (AvgIpc) is 2.34. The van der Waals surface area contributed by atoms with Crippen molar-refractivity contribution in [1.29, 1.82) is 0 Å². The molecule has 5 heteroatoms. The van der Waals surface area contributed by atoms with Crippen molar-refractivity contribution >= 4 is 17.6 Å². The molecule has 1 rings (SSSR count). The summed E-state index contributed by atoms with van der Waals surface area (Å²) in [4.78, 5) is 23.9. The molecule has 1 amide bonds. The number of hydrogen-bond donors (Lipinski definition) is 2. The Morgan fingerprint density at radius 2 is 1.83 bits per heavy atom. The summed E-state index contributed by atoms with van der Waals surface area (Å²) in [5.41, 5.74) is 1.60. The van der Waals surface area contributed by atoms with Gasteiger partial charge in [0.25, 0.3) is 5.91 Å². The Morgan fingerprint density at radius 3 is 2.33 bits per heavy atom. The van der Waals surface area contributed by atoms with Gasteiger partial charge in [-0.05, 0) is 30.7 Å². The number of hydrogen-bond acceptors (Lipinski definition) is 3. The van der Waals surface area contributed by atoms with Crippen molar-refractivity contribution in [3.63, 3.8) is 0 Å². The number of carbonyl (C=O) groups is 2. The van der Waals surface area contributed by atoms with Gasteiger partial charge in [0.2, 0.25) is 0 Å². The van der Waals surface area contributed by atoms with Gasteiger partial charge in [0.1, 0.15) is 0 Å². The molecule has 0 radical (unpaired) electrons. The summed E-state index contributed by atoms with van der Waals surface area (Å²) >= 11 is 0. The van der Waals surface area contributed by atoms with Crippen LogP contribution in [0.3, 0.4) is 0 Å². The highest BCUT2D eigenvalue weighted by Gasteiger charge is 2.05. The number of carboxylic acid groups (broad SMARTS) is 1. The van der Waals surface area contributed by atoms with Crippen LogP contribution in [-0.4, -0.2) is 37.6 Å². The first-order valence-electron chi connectivity index (χ1n) is 5.78. The molecule has 0 aliphatic rings. The van der Waals surface area contributed by atoms with Crippen LogP contribution in [0.4, 0.5) is 5.69 Å². The van der Waals surface area contributed by atoms with Crippen molar-refractivity contribution in [2.45, 2.75) is 12.8 Å². The maximum atomic E-state index is 11.7. The highest BCUT2D eigenvalue weighted by Crippen LogP contribution is 2.11. The van der Waals surface area contributed by atoms with E-state index < -0.39 is 5.97 Å². The minimum atomic E-state index is -0.848. The zero-order chi connectivity index (χ0) is 13.5. The molecule has 2 N–H and O–H groups in total. The maximum absolute atomic E-state index is 11.7. The van der Waals surface area contributed by atoms with E-state index >= 15 is 0 Å². The quantitative estimate of drug-likeness (QED) is 0.748. The van der Waals surface area contributed by atoms with Gasteiger partial charge in [0, 0.05) is 38.3 Å². The molecule has 18 heavy (non-hydrogen) atoms. The first-order valence-corrected chi connectivity index (χ1v) is 5.78. The minimum absolute atomic E-state index is 0.0693. The van der Waals surface area contributed by atoms with Gasteiger partial charge in [-0.3, -0.25) is 9.59 Å². The predicted molar refractivity (Wildman–Crippen MR) is 70.0 cm³/mol. The van der Waals surface area contributed by atoms with E-state index in [2.05, 4.69) is 5.32 Å². The molecule has 0 unspecified atom stereocenters. The molecular weight excluding hydrogens is 232 g/mol. The van der Waals surface area contributed by atoms with Crippen molar-refractivity contribution in [2.75, 3.05) is 25.5 Å². The van der Waals surface area contributed by atoms with Gasteiger partial charge >= 0.3 is 5.97 Å². The molecule has 0 heterocycles. The first kappa shape index (κ1) is 14.0. The zero-order valence-corrected chi connectivity index (χ0v) is 10.6. The van der Waals surface area contributed by atoms with E-state index in [0.717, 1.165) is 5.69 Å². The van der Waals surface area contributed by atoms with Crippen LogP contribution in [0.2, 0.25) is 0 Å². The molecule has 1 aromatic rings. The van der Waals surface area contributed by atoms with Gasteiger partial charge in [-0.1, -0.05) is 0 Å². The average molecular weight is 250 g/mol. The Morgan fingerprint density at radius 1 is 1.22 bits per heavy atom. The predicted octanol–water partition coefficient (Wildman–Crippen LogP) is 1.35. The number of nitrogens with zero attached hydrogens (tertiary/aromatic N) is 1. The van der Waals surface area contributed by atoms with E-state index in [9.17, 15) is 9.59 Å². The SMILES string of the molecule is CN(C)c1ccc(C(=O)NCCCC(=O)O)cc1. The summed E-state index contributed by atoms with van der Waals surface area (Å²) in [5, 5.41) is 11.1. The molecular formula is C13H18N2O3. The monoisotopic (exact) mass is 250 g/mol. The van der Waals surface area contributed by atoms with E-state index in [1.807, 2.05) is 31.1 Å². The number of anilines is 1. The molecule has 0 aliphatic carbocycles. The van der Waals surface area contributed by atoms with E-state index in [1.165, 1.54) is 0 Å². The summed E-state index contributed by atoms with van der Waals surface area (Å²) < 4.78 is 0. The number of amides is 1. The first-order chi connectivity index (χ1) is 8.50. The molecule has 1 aromatic carbocycles. The number of rotatable bonds is 6. The van der Waals surface area contributed by atoms with E-state index in [0.29, 0.717) is 18.5 Å². The molecule has 0 aliphatic heterocycles. The Balaban J connectivity index is 2.44. The van der Waals surface area contributed by atoms with E-state index in [1.54, 1.807) is 12.1 Å². The van der Waals surface area contributed by atoms with Crippen LogP contribution in [0.15, 0.2) is 24.3 Å². The third kappa shape index (κ3) is 4.45. The third-order valence-electron chi connectivity index (χ3n) is 2.50. The summed E-state index contributed by atoms with van der Waals surface area (Å²) in [6.07, 6.45) is 0.511. The zero-order valence-electron chi connectivity index (χ0n) is 10.6. The maximum Gasteiger partial charge on any atom is 0.303 e. The van der Waals surface area contributed by atoms with Crippen LogP contribution >= 0.6 is 0 Å². The lowest BCUT2D eigenvalue weighted by Gasteiger charge is -2.12. The Labute approximate surface area is 106 Å². The fraction of sp³-hybridized carbons (Fsp3) is 0.385. The summed E-state index contributed by atoms with van der Waals surface area (Å²) in [6.45, 7) is 0.376.